The fraction of sp³-hybridized carbons (Fsp3) is 0.259. The lowest BCUT2D eigenvalue weighted by molar-refractivity contribution is -0.119. The normalized spacial score (nSPS) is 11.0. The summed E-state index contributed by atoms with van der Waals surface area (Å²) >= 11 is 1.53. The van der Waals surface area contributed by atoms with Crippen LogP contribution in [0.2, 0.25) is 0 Å². The van der Waals surface area contributed by atoms with Crippen molar-refractivity contribution in [2.45, 2.75) is 12.3 Å². The van der Waals surface area contributed by atoms with Gasteiger partial charge in [-0.1, -0.05) is 78.1 Å². The highest BCUT2D eigenvalue weighted by atomic mass is 35.5. The summed E-state index contributed by atoms with van der Waals surface area (Å²) in [5, 5.41) is 0.704. The second-order valence-corrected chi connectivity index (χ2v) is 9.21. The Kier molecular flexibility index (Phi) is 9.05. The van der Waals surface area contributed by atoms with E-state index in [2.05, 4.69) is 4.90 Å². The van der Waals surface area contributed by atoms with Crippen LogP contribution in [0.4, 0.5) is 5.13 Å². The van der Waals surface area contributed by atoms with Crippen molar-refractivity contribution in [3.63, 3.8) is 0 Å². The standard InChI is InChI=1S/C27H29N3O2S.ClH/c1-29(2)18-11-19-30(27-28-25-22(32-3)16-10-17-23(25)33-27)26(31)24(20-12-6-4-7-13-20)21-14-8-5-9-15-21;/h4-10,12-17,24H,11,18-19H2,1-3H3;1H/p-1. The van der Waals surface area contributed by atoms with E-state index in [1.54, 1.807) is 7.11 Å². The number of rotatable bonds is 9. The average molecular weight is 495 g/mol. The molecule has 4 aromatic rings. The van der Waals surface area contributed by atoms with Crippen LogP contribution in [0, 0.1) is 0 Å². The zero-order valence-electron chi connectivity index (χ0n) is 19.6. The first-order chi connectivity index (χ1) is 16.1. The highest BCUT2D eigenvalue weighted by Gasteiger charge is 2.30. The van der Waals surface area contributed by atoms with Gasteiger partial charge in [-0.3, -0.25) is 9.69 Å². The van der Waals surface area contributed by atoms with Gasteiger partial charge in [0.2, 0.25) is 5.91 Å². The third-order valence-corrected chi connectivity index (χ3v) is 6.63. The van der Waals surface area contributed by atoms with E-state index in [0.29, 0.717) is 11.7 Å². The van der Waals surface area contributed by atoms with Gasteiger partial charge in [-0.2, -0.15) is 0 Å². The summed E-state index contributed by atoms with van der Waals surface area (Å²) < 4.78 is 6.52. The molecule has 5 nitrogen and oxygen atoms in total. The molecule has 0 aliphatic heterocycles. The maximum atomic E-state index is 14.2. The minimum absolute atomic E-state index is 0. The monoisotopic (exact) mass is 494 g/mol. The SMILES string of the molecule is COc1cccc2sc(N(CCCN(C)C)C(=O)C(c3ccccc3)c3ccccc3)nc12.[Cl-]. The number of methoxy groups -OCH3 is 1. The summed E-state index contributed by atoms with van der Waals surface area (Å²) in [5.74, 6) is 0.350. The van der Waals surface area contributed by atoms with Crippen molar-refractivity contribution in [2.75, 3.05) is 39.2 Å². The van der Waals surface area contributed by atoms with E-state index < -0.39 is 5.92 Å². The van der Waals surface area contributed by atoms with E-state index in [0.717, 1.165) is 40.1 Å². The van der Waals surface area contributed by atoms with Gasteiger partial charge in [0.25, 0.3) is 0 Å². The highest BCUT2D eigenvalue weighted by Crippen LogP contribution is 2.36. The van der Waals surface area contributed by atoms with E-state index >= 15 is 0 Å². The van der Waals surface area contributed by atoms with Crippen molar-refractivity contribution in [3.05, 3.63) is 90.0 Å². The Labute approximate surface area is 211 Å². The average Bonchev–Trinajstić information content (AvgIpc) is 3.27. The molecule has 1 heterocycles. The summed E-state index contributed by atoms with van der Waals surface area (Å²) in [7, 11) is 5.74. The lowest BCUT2D eigenvalue weighted by Gasteiger charge is -2.26. The summed E-state index contributed by atoms with van der Waals surface area (Å²) in [6.07, 6.45) is 0.849. The van der Waals surface area contributed by atoms with Gasteiger partial charge in [-0.15, -0.1) is 0 Å². The predicted octanol–water partition coefficient (Wildman–Crippen LogP) is 2.43. The number of amides is 1. The number of carbonyl (C=O) groups is 1. The number of fused-ring (bicyclic) bond motifs is 1. The molecule has 0 spiro atoms. The molecule has 3 aromatic carbocycles. The van der Waals surface area contributed by atoms with Crippen molar-refractivity contribution in [1.29, 1.82) is 0 Å². The molecular formula is C27H29ClN3O2S-. The number of anilines is 1. The first kappa shape index (κ1) is 25.7. The van der Waals surface area contributed by atoms with Gasteiger partial charge in [0, 0.05) is 6.54 Å². The molecule has 1 amide bonds. The maximum Gasteiger partial charge on any atom is 0.240 e. The lowest BCUT2D eigenvalue weighted by Crippen LogP contribution is -3.00. The second kappa shape index (κ2) is 12.0. The van der Waals surface area contributed by atoms with E-state index in [1.165, 1.54) is 11.3 Å². The Morgan fingerprint density at radius 2 is 1.53 bits per heavy atom. The molecule has 0 aliphatic carbocycles. The van der Waals surface area contributed by atoms with Crippen molar-refractivity contribution in [1.82, 2.24) is 9.88 Å². The third-order valence-electron chi connectivity index (χ3n) is 5.59. The third kappa shape index (κ3) is 5.76. The van der Waals surface area contributed by atoms with Crippen LogP contribution in [0.25, 0.3) is 10.2 Å². The van der Waals surface area contributed by atoms with Gasteiger partial charge in [0.05, 0.1) is 17.7 Å². The Balaban J connectivity index is 0.00000324. The molecule has 34 heavy (non-hydrogen) atoms. The number of ether oxygens (including phenoxy) is 1. The smallest absolute Gasteiger partial charge is 0.240 e. The Morgan fingerprint density at radius 3 is 2.09 bits per heavy atom. The number of halogens is 1. The Morgan fingerprint density at radius 1 is 0.912 bits per heavy atom. The molecule has 0 N–H and O–H groups in total. The van der Waals surface area contributed by atoms with E-state index in [4.69, 9.17) is 9.72 Å². The number of hydrogen-bond donors (Lipinski definition) is 0. The molecule has 0 radical (unpaired) electrons. The summed E-state index contributed by atoms with van der Waals surface area (Å²) in [5.41, 5.74) is 2.75. The molecular weight excluding hydrogens is 466 g/mol. The fourth-order valence-electron chi connectivity index (χ4n) is 3.96. The van der Waals surface area contributed by atoms with Gasteiger partial charge in [-0.05, 0) is 50.3 Å². The molecule has 178 valence electrons. The molecule has 4 rings (SSSR count). The molecule has 0 saturated heterocycles. The first-order valence-electron chi connectivity index (χ1n) is 11.1. The van der Waals surface area contributed by atoms with Crippen molar-refractivity contribution >= 4 is 32.6 Å². The van der Waals surface area contributed by atoms with Crippen molar-refractivity contribution in [3.8, 4) is 5.75 Å². The van der Waals surface area contributed by atoms with Crippen LogP contribution in [0.15, 0.2) is 78.9 Å². The molecule has 7 heteroatoms. The minimum Gasteiger partial charge on any atom is -1.00 e. The number of aromatic nitrogens is 1. The highest BCUT2D eigenvalue weighted by molar-refractivity contribution is 7.22. The molecule has 1 aromatic heterocycles. The Bertz CT molecular complexity index is 1160. The largest absolute Gasteiger partial charge is 1.00 e. The summed E-state index contributed by atoms with van der Waals surface area (Å²) in [4.78, 5) is 23.1. The van der Waals surface area contributed by atoms with E-state index in [-0.39, 0.29) is 18.3 Å². The predicted molar refractivity (Wildman–Crippen MR) is 136 cm³/mol. The maximum absolute atomic E-state index is 14.2. The summed E-state index contributed by atoms with van der Waals surface area (Å²) in [6, 6.07) is 25.9. The number of thiazole rings is 1. The van der Waals surface area contributed by atoms with Crippen molar-refractivity contribution < 1.29 is 21.9 Å². The molecule has 0 bridgehead atoms. The number of hydrogen-bond acceptors (Lipinski definition) is 5. The Hall–Kier alpha value is -2.93. The zero-order chi connectivity index (χ0) is 23.2. The van der Waals surface area contributed by atoms with Crippen LogP contribution < -0.4 is 22.0 Å². The molecule has 0 saturated carbocycles. The van der Waals surface area contributed by atoms with Crippen LogP contribution in [0.1, 0.15) is 23.5 Å². The quantitative estimate of drug-likeness (QED) is 0.358. The van der Waals surface area contributed by atoms with Crippen LogP contribution in [-0.4, -0.2) is 50.1 Å². The van der Waals surface area contributed by atoms with Crippen LogP contribution in [-0.2, 0) is 4.79 Å². The topological polar surface area (TPSA) is 45.7 Å². The van der Waals surface area contributed by atoms with Crippen molar-refractivity contribution in [2.24, 2.45) is 0 Å². The number of nitrogens with zero attached hydrogens (tertiary/aromatic N) is 3. The minimum atomic E-state index is -0.402. The van der Waals surface area contributed by atoms with E-state index in [1.807, 2.05) is 97.9 Å². The number of benzene rings is 3. The van der Waals surface area contributed by atoms with Crippen LogP contribution in [0.5, 0.6) is 5.75 Å². The molecule has 0 fully saturated rings. The first-order valence-corrected chi connectivity index (χ1v) is 11.9. The molecule has 0 unspecified atom stereocenters. The lowest BCUT2D eigenvalue weighted by atomic mass is 9.90. The van der Waals surface area contributed by atoms with E-state index in [9.17, 15) is 4.79 Å². The molecule has 0 atom stereocenters. The van der Waals surface area contributed by atoms with Gasteiger partial charge in [0.15, 0.2) is 5.13 Å². The van der Waals surface area contributed by atoms with Crippen LogP contribution >= 0.6 is 11.3 Å². The fourth-order valence-corrected chi connectivity index (χ4v) is 4.98. The zero-order valence-corrected chi connectivity index (χ0v) is 21.2. The second-order valence-electron chi connectivity index (χ2n) is 8.20. The number of carbonyl (C=O) groups excluding carboxylic acids is 1. The van der Waals surface area contributed by atoms with Gasteiger partial charge >= 0.3 is 0 Å². The van der Waals surface area contributed by atoms with Crippen LogP contribution in [0.3, 0.4) is 0 Å². The van der Waals surface area contributed by atoms with Gasteiger partial charge in [-0.25, -0.2) is 4.98 Å². The summed E-state index contributed by atoms with van der Waals surface area (Å²) in [6.45, 7) is 1.48. The van der Waals surface area contributed by atoms with Gasteiger partial charge < -0.3 is 22.0 Å². The molecule has 0 aliphatic rings. The van der Waals surface area contributed by atoms with Gasteiger partial charge in [0.1, 0.15) is 11.3 Å². The number of para-hydroxylation sites is 1.